The quantitative estimate of drug-likeness (QED) is 0.847. The number of benzene rings is 1. The van der Waals surface area contributed by atoms with Crippen LogP contribution in [0.4, 0.5) is 0 Å². The van der Waals surface area contributed by atoms with Gasteiger partial charge >= 0.3 is 0 Å². The van der Waals surface area contributed by atoms with Gasteiger partial charge < -0.3 is 10.2 Å². The van der Waals surface area contributed by atoms with Crippen LogP contribution in [0.5, 0.6) is 0 Å². The van der Waals surface area contributed by atoms with Crippen molar-refractivity contribution in [2.45, 2.75) is 38.9 Å². The lowest BCUT2D eigenvalue weighted by molar-refractivity contribution is 0.128. The minimum Gasteiger partial charge on any atom is -0.313 e. The topological polar surface area (TPSA) is 18.5 Å². The fraction of sp³-hybridized carbons (Fsp3) is 0.647. The van der Waals surface area contributed by atoms with Crippen LogP contribution in [0.15, 0.2) is 22.7 Å². The predicted molar refractivity (Wildman–Crippen MR) is 93.5 cm³/mol. The molecular formula is C17H28BrN3. The molecule has 1 unspecified atom stereocenters. The summed E-state index contributed by atoms with van der Waals surface area (Å²) in [5.41, 5.74) is 2.74. The van der Waals surface area contributed by atoms with E-state index in [2.05, 4.69) is 70.3 Å². The van der Waals surface area contributed by atoms with Gasteiger partial charge in [0, 0.05) is 30.1 Å². The fourth-order valence-corrected chi connectivity index (χ4v) is 3.49. The van der Waals surface area contributed by atoms with E-state index in [1.165, 1.54) is 41.5 Å². The molecule has 1 N–H and O–H groups in total. The first-order chi connectivity index (χ1) is 10.1. The van der Waals surface area contributed by atoms with Crippen molar-refractivity contribution in [1.29, 1.82) is 0 Å². The highest BCUT2D eigenvalue weighted by molar-refractivity contribution is 9.10. The minimum atomic E-state index is 0.700. The molecule has 1 saturated heterocycles. The van der Waals surface area contributed by atoms with Gasteiger partial charge in [0.2, 0.25) is 0 Å². The average Bonchev–Trinajstić information content (AvgIpc) is 2.48. The summed E-state index contributed by atoms with van der Waals surface area (Å²) in [4.78, 5) is 4.94. The Labute approximate surface area is 137 Å². The van der Waals surface area contributed by atoms with E-state index in [0.717, 1.165) is 19.6 Å². The Hall–Kier alpha value is -0.420. The SMILES string of the molecule is CCNCc1ccc(CN2CCCC(N(C)C)C2)c(Br)c1. The lowest BCUT2D eigenvalue weighted by atomic mass is 10.0. The molecule has 4 heteroatoms. The van der Waals surface area contributed by atoms with Gasteiger partial charge in [-0.3, -0.25) is 4.90 Å². The van der Waals surface area contributed by atoms with Crippen LogP contribution in [0.3, 0.4) is 0 Å². The molecule has 0 bridgehead atoms. The fourth-order valence-electron chi connectivity index (χ4n) is 2.94. The minimum absolute atomic E-state index is 0.700. The van der Waals surface area contributed by atoms with Crippen LogP contribution in [0.1, 0.15) is 30.9 Å². The summed E-state index contributed by atoms with van der Waals surface area (Å²) in [5, 5.41) is 3.37. The highest BCUT2D eigenvalue weighted by atomic mass is 79.9. The van der Waals surface area contributed by atoms with E-state index in [0.29, 0.717) is 6.04 Å². The average molecular weight is 354 g/mol. The molecule has 1 aliphatic rings. The Kier molecular flexibility index (Phi) is 6.68. The molecule has 0 radical (unpaired) electrons. The molecule has 0 aliphatic carbocycles. The van der Waals surface area contributed by atoms with Crippen molar-refractivity contribution in [1.82, 2.24) is 15.1 Å². The molecule has 1 heterocycles. The molecule has 3 nitrogen and oxygen atoms in total. The van der Waals surface area contributed by atoms with Crippen molar-refractivity contribution in [3.63, 3.8) is 0 Å². The van der Waals surface area contributed by atoms with Crippen LogP contribution in [0.2, 0.25) is 0 Å². The standard InChI is InChI=1S/C17H28BrN3/c1-4-19-11-14-7-8-15(17(18)10-14)12-21-9-5-6-16(13-21)20(2)3/h7-8,10,16,19H,4-6,9,11-13H2,1-3H3. The summed E-state index contributed by atoms with van der Waals surface area (Å²) in [7, 11) is 4.39. The number of rotatable bonds is 6. The van der Waals surface area contributed by atoms with E-state index in [1.807, 2.05) is 0 Å². The van der Waals surface area contributed by atoms with E-state index >= 15 is 0 Å². The Morgan fingerprint density at radius 1 is 1.38 bits per heavy atom. The normalized spacial score (nSPS) is 20.1. The zero-order valence-electron chi connectivity index (χ0n) is 13.5. The van der Waals surface area contributed by atoms with Crippen LogP contribution >= 0.6 is 15.9 Å². The number of hydrogen-bond acceptors (Lipinski definition) is 3. The molecule has 118 valence electrons. The van der Waals surface area contributed by atoms with Crippen molar-refractivity contribution in [2.75, 3.05) is 33.7 Å². The number of halogens is 1. The summed E-state index contributed by atoms with van der Waals surface area (Å²) in [5.74, 6) is 0. The number of nitrogens with zero attached hydrogens (tertiary/aromatic N) is 2. The highest BCUT2D eigenvalue weighted by Gasteiger charge is 2.21. The van der Waals surface area contributed by atoms with Gasteiger partial charge in [-0.25, -0.2) is 0 Å². The molecule has 1 atom stereocenters. The molecule has 0 aromatic heterocycles. The lowest BCUT2D eigenvalue weighted by Gasteiger charge is -2.36. The first-order valence-electron chi connectivity index (χ1n) is 7.97. The smallest absolute Gasteiger partial charge is 0.0245 e. The zero-order valence-corrected chi connectivity index (χ0v) is 15.1. The first-order valence-corrected chi connectivity index (χ1v) is 8.76. The van der Waals surface area contributed by atoms with Crippen molar-refractivity contribution in [2.24, 2.45) is 0 Å². The van der Waals surface area contributed by atoms with Gasteiger partial charge in [-0.2, -0.15) is 0 Å². The molecule has 0 saturated carbocycles. The largest absolute Gasteiger partial charge is 0.313 e. The van der Waals surface area contributed by atoms with Crippen LogP contribution in [-0.4, -0.2) is 49.6 Å². The monoisotopic (exact) mass is 353 g/mol. The second kappa shape index (κ2) is 8.28. The summed E-state index contributed by atoms with van der Waals surface area (Å²) in [6.07, 6.45) is 2.63. The molecule has 1 aromatic carbocycles. The number of likely N-dealkylation sites (N-methyl/N-ethyl adjacent to an activating group) is 1. The third kappa shape index (κ3) is 5.06. The molecule has 0 amide bonds. The van der Waals surface area contributed by atoms with Gasteiger partial charge in [0.15, 0.2) is 0 Å². The van der Waals surface area contributed by atoms with Gasteiger partial charge in [-0.05, 0) is 57.2 Å². The maximum Gasteiger partial charge on any atom is 0.0245 e. The number of piperidine rings is 1. The maximum atomic E-state index is 3.75. The molecule has 1 fully saturated rings. The van der Waals surface area contributed by atoms with Gasteiger partial charge in [0.25, 0.3) is 0 Å². The Morgan fingerprint density at radius 3 is 2.86 bits per heavy atom. The number of hydrogen-bond donors (Lipinski definition) is 1. The van der Waals surface area contributed by atoms with Crippen LogP contribution in [0, 0.1) is 0 Å². The molecule has 21 heavy (non-hydrogen) atoms. The van der Waals surface area contributed by atoms with E-state index in [1.54, 1.807) is 0 Å². The molecule has 0 spiro atoms. The maximum absolute atomic E-state index is 3.75. The summed E-state index contributed by atoms with van der Waals surface area (Å²) in [6, 6.07) is 7.47. The van der Waals surface area contributed by atoms with E-state index in [-0.39, 0.29) is 0 Å². The van der Waals surface area contributed by atoms with Crippen molar-refractivity contribution in [3.05, 3.63) is 33.8 Å². The highest BCUT2D eigenvalue weighted by Crippen LogP contribution is 2.23. The van der Waals surface area contributed by atoms with Crippen LogP contribution in [-0.2, 0) is 13.1 Å². The third-order valence-electron chi connectivity index (χ3n) is 4.30. The summed E-state index contributed by atoms with van der Waals surface area (Å²) < 4.78 is 1.24. The van der Waals surface area contributed by atoms with E-state index in [9.17, 15) is 0 Å². The van der Waals surface area contributed by atoms with E-state index < -0.39 is 0 Å². The van der Waals surface area contributed by atoms with Gasteiger partial charge in [-0.15, -0.1) is 0 Å². The predicted octanol–water partition coefficient (Wildman–Crippen LogP) is 3.08. The molecular weight excluding hydrogens is 326 g/mol. The summed E-state index contributed by atoms with van der Waals surface area (Å²) >= 11 is 3.75. The second-order valence-electron chi connectivity index (χ2n) is 6.20. The lowest BCUT2D eigenvalue weighted by Crippen LogP contribution is -2.44. The van der Waals surface area contributed by atoms with Gasteiger partial charge in [0.05, 0.1) is 0 Å². The van der Waals surface area contributed by atoms with Crippen molar-refractivity contribution < 1.29 is 0 Å². The molecule has 2 rings (SSSR count). The van der Waals surface area contributed by atoms with Crippen LogP contribution in [0.25, 0.3) is 0 Å². The first kappa shape index (κ1) is 16.9. The Balaban J connectivity index is 1.96. The van der Waals surface area contributed by atoms with Crippen molar-refractivity contribution in [3.8, 4) is 0 Å². The van der Waals surface area contributed by atoms with Crippen LogP contribution < -0.4 is 5.32 Å². The van der Waals surface area contributed by atoms with E-state index in [4.69, 9.17) is 0 Å². The Bertz CT molecular complexity index is 448. The zero-order chi connectivity index (χ0) is 15.2. The Morgan fingerprint density at radius 2 is 2.19 bits per heavy atom. The molecule has 1 aromatic rings. The second-order valence-corrected chi connectivity index (χ2v) is 7.06. The van der Waals surface area contributed by atoms with Gasteiger partial charge in [-0.1, -0.05) is 35.0 Å². The molecule has 1 aliphatic heterocycles. The summed E-state index contributed by atoms with van der Waals surface area (Å²) in [6.45, 7) is 7.54. The number of nitrogens with one attached hydrogen (secondary N) is 1. The number of likely N-dealkylation sites (tertiary alicyclic amines) is 1. The van der Waals surface area contributed by atoms with Crippen molar-refractivity contribution >= 4 is 15.9 Å². The van der Waals surface area contributed by atoms with Gasteiger partial charge in [0.1, 0.15) is 0 Å². The third-order valence-corrected chi connectivity index (χ3v) is 5.04.